The Bertz CT molecular complexity index is 1390. The molecule has 3 aromatic rings. The fraction of sp³-hybridized carbons (Fsp3) is 0.375. The maximum Gasteiger partial charge on any atom is 0.264 e. The number of hydrogen-bond donors (Lipinski definition) is 1. The number of rotatable bonds is 14. The molecule has 0 heterocycles. The number of nitrogens with zero attached hydrogens (tertiary/aromatic N) is 2. The topological polar surface area (TPSA) is 96.0 Å². The third kappa shape index (κ3) is 8.33. The molecular weight excluding hydrogens is 538 g/mol. The van der Waals surface area contributed by atoms with E-state index in [1.807, 2.05) is 58.9 Å². The number of carbonyl (C=O) groups excluding carboxylic acids is 2. The minimum Gasteiger partial charge on any atom is -0.494 e. The average molecular weight is 580 g/mol. The van der Waals surface area contributed by atoms with Crippen molar-refractivity contribution in [2.24, 2.45) is 0 Å². The molecule has 2 amide bonds. The van der Waals surface area contributed by atoms with Crippen LogP contribution in [0.2, 0.25) is 0 Å². The largest absolute Gasteiger partial charge is 0.494 e. The van der Waals surface area contributed by atoms with Crippen molar-refractivity contribution in [3.05, 3.63) is 90.0 Å². The number of ether oxygens (including phenoxy) is 1. The van der Waals surface area contributed by atoms with E-state index in [-0.39, 0.29) is 23.4 Å². The zero-order chi connectivity index (χ0) is 30.0. The van der Waals surface area contributed by atoms with Crippen LogP contribution in [-0.2, 0) is 26.2 Å². The van der Waals surface area contributed by atoms with Gasteiger partial charge in [-0.15, -0.1) is 0 Å². The fourth-order valence-corrected chi connectivity index (χ4v) is 5.93. The molecule has 1 N–H and O–H groups in total. The summed E-state index contributed by atoms with van der Waals surface area (Å²) in [4.78, 5) is 29.1. The Morgan fingerprint density at radius 3 is 2.17 bits per heavy atom. The summed E-state index contributed by atoms with van der Waals surface area (Å²) in [5.41, 5.74) is 2.19. The second-order valence-electron chi connectivity index (χ2n) is 10.0. The highest BCUT2D eigenvalue weighted by Crippen LogP contribution is 2.27. The van der Waals surface area contributed by atoms with Gasteiger partial charge in [0.25, 0.3) is 10.0 Å². The Hall–Kier alpha value is -3.85. The van der Waals surface area contributed by atoms with Crippen LogP contribution < -0.4 is 14.4 Å². The van der Waals surface area contributed by atoms with Crippen molar-refractivity contribution >= 4 is 27.5 Å². The maximum absolute atomic E-state index is 14.1. The van der Waals surface area contributed by atoms with E-state index in [1.54, 1.807) is 42.5 Å². The van der Waals surface area contributed by atoms with Gasteiger partial charge in [0.05, 0.1) is 17.2 Å². The van der Waals surface area contributed by atoms with Crippen molar-refractivity contribution in [2.45, 2.75) is 71.0 Å². The number of anilines is 1. The standard InChI is InChI=1S/C32H41N3O5S/c1-6-25(5)33-32(37)30(7-2)34(22-26-14-12-13-24(4)21-26)31(36)23-35(27-17-19-28(20-18-27)40-8-3)41(38,39)29-15-10-9-11-16-29/h9-21,25,30H,6-8,22-23H2,1-5H3,(H,33,37)/t25-,30-/m0/s1. The van der Waals surface area contributed by atoms with Gasteiger partial charge in [-0.05, 0) is 75.6 Å². The summed E-state index contributed by atoms with van der Waals surface area (Å²) in [7, 11) is -4.12. The first-order valence-corrected chi connectivity index (χ1v) is 15.5. The van der Waals surface area contributed by atoms with Crippen molar-refractivity contribution in [3.8, 4) is 5.75 Å². The molecule has 0 aliphatic rings. The van der Waals surface area contributed by atoms with Gasteiger partial charge in [0.2, 0.25) is 11.8 Å². The van der Waals surface area contributed by atoms with E-state index >= 15 is 0 Å². The molecule has 220 valence electrons. The Kier molecular flexibility index (Phi) is 11.3. The molecule has 3 rings (SSSR count). The summed E-state index contributed by atoms with van der Waals surface area (Å²) in [6.45, 7) is 9.71. The van der Waals surface area contributed by atoms with E-state index in [0.717, 1.165) is 21.9 Å². The molecule has 41 heavy (non-hydrogen) atoms. The maximum atomic E-state index is 14.1. The third-order valence-corrected chi connectivity index (χ3v) is 8.66. The molecule has 3 aromatic carbocycles. The summed E-state index contributed by atoms with van der Waals surface area (Å²) in [5, 5.41) is 2.99. The minimum atomic E-state index is -4.12. The fourth-order valence-electron chi connectivity index (χ4n) is 4.49. The van der Waals surface area contributed by atoms with E-state index in [0.29, 0.717) is 24.5 Å². The molecule has 0 aromatic heterocycles. The van der Waals surface area contributed by atoms with Crippen LogP contribution in [0.25, 0.3) is 0 Å². The van der Waals surface area contributed by atoms with Gasteiger partial charge in [-0.2, -0.15) is 0 Å². The number of amides is 2. The average Bonchev–Trinajstić information content (AvgIpc) is 2.96. The first kappa shape index (κ1) is 31.7. The smallest absolute Gasteiger partial charge is 0.264 e. The first-order chi connectivity index (χ1) is 19.6. The lowest BCUT2D eigenvalue weighted by Crippen LogP contribution is -2.53. The van der Waals surface area contributed by atoms with Crippen LogP contribution in [0.3, 0.4) is 0 Å². The lowest BCUT2D eigenvalue weighted by atomic mass is 10.1. The molecule has 0 radical (unpaired) electrons. The Labute approximate surface area is 244 Å². The summed E-state index contributed by atoms with van der Waals surface area (Å²) in [5.74, 6) is -0.152. The predicted octanol–water partition coefficient (Wildman–Crippen LogP) is 5.31. The SMILES string of the molecule is CCOc1ccc(N(CC(=O)N(Cc2cccc(C)c2)[C@@H](CC)C(=O)N[C@@H](C)CC)S(=O)(=O)c2ccccc2)cc1. The molecule has 0 spiro atoms. The Morgan fingerprint density at radius 1 is 0.902 bits per heavy atom. The van der Waals surface area contributed by atoms with Gasteiger partial charge in [-0.3, -0.25) is 13.9 Å². The number of sulfonamides is 1. The quantitative estimate of drug-likeness (QED) is 0.279. The van der Waals surface area contributed by atoms with E-state index in [1.165, 1.54) is 17.0 Å². The molecular formula is C32H41N3O5S. The lowest BCUT2D eigenvalue weighted by Gasteiger charge is -2.33. The number of benzene rings is 3. The molecule has 2 atom stereocenters. The molecule has 0 bridgehead atoms. The highest BCUT2D eigenvalue weighted by atomic mass is 32.2. The van der Waals surface area contributed by atoms with Crippen molar-refractivity contribution < 1.29 is 22.7 Å². The molecule has 0 aliphatic carbocycles. The van der Waals surface area contributed by atoms with E-state index in [4.69, 9.17) is 4.74 Å². The van der Waals surface area contributed by atoms with Crippen LogP contribution in [-0.4, -0.2) is 50.4 Å². The number of nitrogens with one attached hydrogen (secondary N) is 1. The van der Waals surface area contributed by atoms with Crippen molar-refractivity contribution in [3.63, 3.8) is 0 Å². The number of aryl methyl sites for hydroxylation is 1. The normalized spacial score (nSPS) is 12.7. The van der Waals surface area contributed by atoms with Crippen LogP contribution in [0.15, 0.2) is 83.8 Å². The summed E-state index contributed by atoms with van der Waals surface area (Å²) < 4.78 is 34.4. The highest BCUT2D eigenvalue weighted by molar-refractivity contribution is 7.92. The summed E-state index contributed by atoms with van der Waals surface area (Å²) >= 11 is 0. The molecule has 8 nitrogen and oxygen atoms in total. The molecule has 0 fully saturated rings. The van der Waals surface area contributed by atoms with Gasteiger partial charge < -0.3 is 15.0 Å². The van der Waals surface area contributed by atoms with Gasteiger partial charge in [0, 0.05) is 12.6 Å². The zero-order valence-corrected chi connectivity index (χ0v) is 25.4. The molecule has 0 saturated heterocycles. The van der Waals surface area contributed by atoms with Crippen LogP contribution in [0, 0.1) is 6.92 Å². The van der Waals surface area contributed by atoms with Gasteiger partial charge in [-0.25, -0.2) is 8.42 Å². The van der Waals surface area contributed by atoms with Crippen molar-refractivity contribution in [1.82, 2.24) is 10.2 Å². The summed E-state index contributed by atoms with van der Waals surface area (Å²) in [6.07, 6.45) is 1.11. The zero-order valence-electron chi connectivity index (χ0n) is 24.5. The molecule has 9 heteroatoms. The van der Waals surface area contributed by atoms with Crippen molar-refractivity contribution in [1.29, 1.82) is 0 Å². The summed E-state index contributed by atoms with van der Waals surface area (Å²) in [6, 6.07) is 21.5. The Balaban J connectivity index is 2.05. The Morgan fingerprint density at radius 2 is 1.59 bits per heavy atom. The highest BCUT2D eigenvalue weighted by Gasteiger charge is 2.34. The van der Waals surface area contributed by atoms with E-state index in [2.05, 4.69) is 5.32 Å². The monoisotopic (exact) mass is 579 g/mol. The first-order valence-electron chi connectivity index (χ1n) is 14.1. The molecule has 0 saturated carbocycles. The molecule has 0 unspecified atom stereocenters. The van der Waals surface area contributed by atoms with Crippen LogP contribution in [0.1, 0.15) is 51.7 Å². The lowest BCUT2D eigenvalue weighted by molar-refractivity contribution is -0.140. The second kappa shape index (κ2) is 14.7. The third-order valence-electron chi connectivity index (χ3n) is 6.87. The van der Waals surface area contributed by atoms with E-state index in [9.17, 15) is 18.0 Å². The van der Waals surface area contributed by atoms with Gasteiger partial charge in [0.15, 0.2) is 0 Å². The minimum absolute atomic E-state index is 0.0634. The van der Waals surface area contributed by atoms with Gasteiger partial charge in [0.1, 0.15) is 18.3 Å². The number of hydrogen-bond acceptors (Lipinski definition) is 5. The van der Waals surface area contributed by atoms with Gasteiger partial charge in [-0.1, -0.05) is 61.9 Å². The van der Waals surface area contributed by atoms with E-state index < -0.39 is 28.5 Å². The number of carbonyl (C=O) groups is 2. The molecule has 0 aliphatic heterocycles. The predicted molar refractivity (Wildman–Crippen MR) is 162 cm³/mol. The van der Waals surface area contributed by atoms with Crippen molar-refractivity contribution in [2.75, 3.05) is 17.5 Å². The second-order valence-corrected chi connectivity index (χ2v) is 11.9. The van der Waals surface area contributed by atoms with Gasteiger partial charge >= 0.3 is 0 Å². The van der Waals surface area contributed by atoms with Crippen LogP contribution >= 0.6 is 0 Å². The van der Waals surface area contributed by atoms with Crippen LogP contribution in [0.5, 0.6) is 5.75 Å². The van der Waals surface area contributed by atoms with Crippen LogP contribution in [0.4, 0.5) is 5.69 Å².